The standard InChI is InChI=1S/C10H21O3P/c1-10(2,3)8-4-6-9(7-5-8)14(11,12)13/h8-9H,4-7H2,1-3H3,(H2,11,12,13). The van der Waals surface area contributed by atoms with Gasteiger partial charge in [-0.1, -0.05) is 20.8 Å². The van der Waals surface area contributed by atoms with Crippen molar-refractivity contribution in [2.24, 2.45) is 11.3 Å². The number of hydrogen-bond donors (Lipinski definition) is 2. The van der Waals surface area contributed by atoms with Crippen molar-refractivity contribution < 1.29 is 14.4 Å². The van der Waals surface area contributed by atoms with E-state index in [0.717, 1.165) is 12.8 Å². The van der Waals surface area contributed by atoms with Crippen molar-refractivity contribution in [2.45, 2.75) is 52.1 Å². The van der Waals surface area contributed by atoms with Crippen molar-refractivity contribution in [1.29, 1.82) is 0 Å². The minimum absolute atomic E-state index is 0.278. The van der Waals surface area contributed by atoms with E-state index < -0.39 is 7.60 Å². The van der Waals surface area contributed by atoms with Crippen LogP contribution < -0.4 is 0 Å². The fourth-order valence-corrected chi connectivity index (χ4v) is 3.25. The Morgan fingerprint density at radius 2 is 1.50 bits per heavy atom. The van der Waals surface area contributed by atoms with Gasteiger partial charge in [0.15, 0.2) is 0 Å². The highest BCUT2D eigenvalue weighted by atomic mass is 31.2. The molecule has 0 saturated heterocycles. The van der Waals surface area contributed by atoms with Gasteiger partial charge >= 0.3 is 7.60 Å². The molecule has 0 bridgehead atoms. The van der Waals surface area contributed by atoms with Crippen LogP contribution in [0.5, 0.6) is 0 Å². The van der Waals surface area contributed by atoms with E-state index in [0.29, 0.717) is 18.8 Å². The Morgan fingerprint density at radius 1 is 1.07 bits per heavy atom. The molecule has 2 N–H and O–H groups in total. The second-order valence-electron chi connectivity index (χ2n) is 5.46. The van der Waals surface area contributed by atoms with Crippen LogP contribution in [0.15, 0.2) is 0 Å². The molecule has 1 aliphatic carbocycles. The first-order valence-corrected chi connectivity index (χ1v) is 6.94. The molecule has 84 valence electrons. The average Bonchev–Trinajstić information content (AvgIpc) is 2.01. The summed E-state index contributed by atoms with van der Waals surface area (Å²) in [5.41, 5.74) is -0.0963. The van der Waals surface area contributed by atoms with Gasteiger partial charge in [0.1, 0.15) is 0 Å². The fraction of sp³-hybridized carbons (Fsp3) is 1.00. The molecule has 1 fully saturated rings. The zero-order valence-corrected chi connectivity index (χ0v) is 10.1. The maximum absolute atomic E-state index is 11.0. The van der Waals surface area contributed by atoms with Gasteiger partial charge in [0, 0.05) is 0 Å². The Labute approximate surface area is 86.1 Å². The van der Waals surface area contributed by atoms with Crippen molar-refractivity contribution in [3.8, 4) is 0 Å². The topological polar surface area (TPSA) is 57.5 Å². The maximum atomic E-state index is 11.0. The van der Waals surface area contributed by atoms with Crippen molar-refractivity contribution in [3.05, 3.63) is 0 Å². The molecule has 14 heavy (non-hydrogen) atoms. The number of hydrogen-bond acceptors (Lipinski definition) is 1. The van der Waals surface area contributed by atoms with Gasteiger partial charge < -0.3 is 9.79 Å². The lowest BCUT2D eigenvalue weighted by atomic mass is 9.72. The first-order valence-electron chi connectivity index (χ1n) is 5.26. The molecule has 0 atom stereocenters. The van der Waals surface area contributed by atoms with E-state index in [1.54, 1.807) is 0 Å². The lowest BCUT2D eigenvalue weighted by molar-refractivity contribution is 0.174. The largest absolute Gasteiger partial charge is 0.328 e. The Balaban J connectivity index is 2.51. The molecule has 3 nitrogen and oxygen atoms in total. The third-order valence-electron chi connectivity index (χ3n) is 3.40. The molecule has 0 aliphatic heterocycles. The Morgan fingerprint density at radius 3 is 1.79 bits per heavy atom. The molecule has 0 aromatic heterocycles. The van der Waals surface area contributed by atoms with Crippen molar-refractivity contribution >= 4 is 7.60 Å². The van der Waals surface area contributed by atoms with Crippen LogP contribution in [-0.4, -0.2) is 15.4 Å². The SMILES string of the molecule is CC(C)(C)C1CCC(P(=O)(O)O)CC1. The molecule has 4 heteroatoms. The van der Waals surface area contributed by atoms with Crippen LogP contribution in [0.3, 0.4) is 0 Å². The van der Waals surface area contributed by atoms with Crippen LogP contribution in [0.4, 0.5) is 0 Å². The lowest BCUT2D eigenvalue weighted by Gasteiger charge is -2.36. The maximum Gasteiger partial charge on any atom is 0.328 e. The fourth-order valence-electron chi connectivity index (χ4n) is 2.28. The molecule has 0 aromatic carbocycles. The van der Waals surface area contributed by atoms with E-state index >= 15 is 0 Å². The van der Waals surface area contributed by atoms with E-state index in [9.17, 15) is 4.57 Å². The first-order chi connectivity index (χ1) is 6.21. The Bertz CT molecular complexity index is 230. The summed E-state index contributed by atoms with van der Waals surface area (Å²) in [4.78, 5) is 18.1. The highest BCUT2D eigenvalue weighted by Crippen LogP contribution is 2.51. The van der Waals surface area contributed by atoms with E-state index in [1.165, 1.54) is 0 Å². The summed E-state index contributed by atoms with van der Waals surface area (Å²) in [5, 5.41) is 0. The van der Waals surface area contributed by atoms with Crippen LogP contribution in [0.2, 0.25) is 0 Å². The van der Waals surface area contributed by atoms with Gasteiger partial charge in [0.25, 0.3) is 0 Å². The quantitative estimate of drug-likeness (QED) is 0.668. The molecule has 0 heterocycles. The summed E-state index contributed by atoms with van der Waals surface area (Å²) in [6.45, 7) is 6.61. The lowest BCUT2D eigenvalue weighted by Crippen LogP contribution is -2.27. The zero-order valence-electron chi connectivity index (χ0n) is 9.23. The van der Waals surface area contributed by atoms with E-state index in [2.05, 4.69) is 20.8 Å². The van der Waals surface area contributed by atoms with Gasteiger partial charge in [-0.15, -0.1) is 0 Å². The highest BCUT2D eigenvalue weighted by molar-refractivity contribution is 7.52. The Kier molecular flexibility index (Phi) is 3.45. The van der Waals surface area contributed by atoms with Gasteiger partial charge in [-0.2, -0.15) is 0 Å². The van der Waals surface area contributed by atoms with Crippen molar-refractivity contribution in [2.75, 3.05) is 0 Å². The van der Waals surface area contributed by atoms with Crippen molar-refractivity contribution in [1.82, 2.24) is 0 Å². The van der Waals surface area contributed by atoms with Gasteiger partial charge in [-0.25, -0.2) is 0 Å². The second kappa shape index (κ2) is 3.96. The molecule has 0 radical (unpaired) electrons. The van der Waals surface area contributed by atoms with Crippen LogP contribution in [0, 0.1) is 11.3 Å². The summed E-state index contributed by atoms with van der Waals surface area (Å²) in [6.07, 6.45) is 3.29. The molecule has 1 aliphatic rings. The van der Waals surface area contributed by atoms with E-state index in [1.807, 2.05) is 0 Å². The van der Waals surface area contributed by atoms with Crippen molar-refractivity contribution in [3.63, 3.8) is 0 Å². The van der Waals surface area contributed by atoms with Gasteiger partial charge in [0.2, 0.25) is 0 Å². The normalized spacial score (nSPS) is 30.4. The second-order valence-corrected chi connectivity index (χ2v) is 7.37. The smallest absolute Gasteiger partial charge is 0.324 e. The molecule has 0 amide bonds. The van der Waals surface area contributed by atoms with Crippen LogP contribution >= 0.6 is 7.60 Å². The molecule has 0 spiro atoms. The van der Waals surface area contributed by atoms with Gasteiger partial charge in [-0.05, 0) is 37.0 Å². The summed E-state index contributed by atoms with van der Waals surface area (Å²) in [5.74, 6) is 0.616. The molecule has 0 aromatic rings. The van der Waals surface area contributed by atoms with Crippen LogP contribution in [0.1, 0.15) is 46.5 Å². The van der Waals surface area contributed by atoms with Gasteiger partial charge in [0.05, 0.1) is 5.66 Å². The predicted molar refractivity (Wildman–Crippen MR) is 57.2 cm³/mol. The predicted octanol–water partition coefficient (Wildman–Crippen LogP) is 2.77. The average molecular weight is 220 g/mol. The summed E-state index contributed by atoms with van der Waals surface area (Å²) in [7, 11) is -3.82. The molecule has 1 saturated carbocycles. The highest BCUT2D eigenvalue weighted by Gasteiger charge is 2.36. The molecule has 0 unspecified atom stereocenters. The summed E-state index contributed by atoms with van der Waals surface area (Å²) >= 11 is 0. The third kappa shape index (κ3) is 3.08. The van der Waals surface area contributed by atoms with Gasteiger partial charge in [-0.3, -0.25) is 4.57 Å². The minimum atomic E-state index is -3.82. The number of rotatable bonds is 1. The summed E-state index contributed by atoms with van der Waals surface area (Å²) in [6, 6.07) is 0. The zero-order chi connectivity index (χ0) is 11.0. The molecular formula is C10H21O3P. The Hall–Kier alpha value is 0.150. The van der Waals surface area contributed by atoms with E-state index in [-0.39, 0.29) is 11.1 Å². The molecule has 1 rings (SSSR count). The van der Waals surface area contributed by atoms with E-state index in [4.69, 9.17) is 9.79 Å². The van der Waals surface area contributed by atoms with Crippen LogP contribution in [-0.2, 0) is 4.57 Å². The third-order valence-corrected chi connectivity index (χ3v) is 4.86. The molecular weight excluding hydrogens is 199 g/mol. The summed E-state index contributed by atoms with van der Waals surface area (Å²) < 4.78 is 11.0. The van der Waals surface area contributed by atoms with Crippen LogP contribution in [0.25, 0.3) is 0 Å². The first kappa shape index (κ1) is 12.2. The monoisotopic (exact) mass is 220 g/mol. The minimum Gasteiger partial charge on any atom is -0.324 e.